The maximum absolute atomic E-state index is 14.1. The molecule has 6 rings (SSSR count). The summed E-state index contributed by atoms with van der Waals surface area (Å²) in [4.78, 5) is 64.6. The highest BCUT2D eigenvalue weighted by molar-refractivity contribution is 9.09. The third-order valence-electron chi connectivity index (χ3n) is 9.10. The maximum atomic E-state index is 14.1. The fourth-order valence-electron chi connectivity index (χ4n) is 7.20. The van der Waals surface area contributed by atoms with Crippen LogP contribution in [0.25, 0.3) is 0 Å². The first-order valence-electron chi connectivity index (χ1n) is 13.7. The fraction of sp³-hybridized carbons (Fsp3) is 0.367. The fourth-order valence-corrected chi connectivity index (χ4v) is 8.63. The zero-order valence-corrected chi connectivity index (χ0v) is 26.1. The van der Waals surface area contributed by atoms with Gasteiger partial charge in [0.05, 0.1) is 29.6 Å². The van der Waals surface area contributed by atoms with Crippen molar-refractivity contribution in [3.05, 3.63) is 59.2 Å². The van der Waals surface area contributed by atoms with E-state index in [0.29, 0.717) is 11.1 Å². The molecule has 1 saturated carbocycles. The number of carbonyl (C=O) groups excluding carboxylic acids is 4. The second-order valence-corrected chi connectivity index (χ2v) is 12.9. The average molecular weight is 708 g/mol. The van der Waals surface area contributed by atoms with Gasteiger partial charge in [0.15, 0.2) is 21.2 Å². The minimum Gasteiger partial charge on any atom is -0.507 e. The molecule has 2 aromatic rings. The maximum Gasteiger partial charge on any atom is 0.339 e. The summed E-state index contributed by atoms with van der Waals surface area (Å²) in [5, 5.41) is 29.9. The topological polar surface area (TPSA) is 162 Å². The first kappa shape index (κ1) is 30.4. The molecule has 0 radical (unpaired) electrons. The van der Waals surface area contributed by atoms with E-state index >= 15 is 0 Å². The number of likely N-dealkylation sites (tertiary alicyclic amines) is 1. The first-order chi connectivity index (χ1) is 20.8. The van der Waals surface area contributed by atoms with Gasteiger partial charge in [0.1, 0.15) is 11.3 Å². The molecule has 230 valence electrons. The Morgan fingerprint density at radius 2 is 1.75 bits per heavy atom. The molecule has 2 aliphatic carbocycles. The quantitative estimate of drug-likeness (QED) is 0.174. The van der Waals surface area contributed by atoms with Gasteiger partial charge in [-0.1, -0.05) is 33.6 Å². The van der Waals surface area contributed by atoms with E-state index in [2.05, 4.69) is 15.9 Å². The summed E-state index contributed by atoms with van der Waals surface area (Å²) in [6.45, 7) is 1.96. The lowest BCUT2D eigenvalue weighted by Gasteiger charge is -2.50. The van der Waals surface area contributed by atoms with Gasteiger partial charge in [0, 0.05) is 12.0 Å². The van der Waals surface area contributed by atoms with Gasteiger partial charge >= 0.3 is 5.97 Å². The Balaban J connectivity index is 1.49. The molecule has 6 unspecified atom stereocenters. The van der Waals surface area contributed by atoms with E-state index in [1.54, 1.807) is 19.1 Å². The molecule has 14 heteroatoms. The molecule has 2 aliphatic heterocycles. The van der Waals surface area contributed by atoms with Gasteiger partial charge in [0.2, 0.25) is 11.8 Å². The number of carboxylic acids is 1. The van der Waals surface area contributed by atoms with Gasteiger partial charge in [-0.05, 0) is 55.5 Å². The monoisotopic (exact) mass is 706 g/mol. The zero-order valence-electron chi connectivity index (χ0n) is 23.0. The Kier molecular flexibility index (Phi) is 7.25. The molecule has 2 heterocycles. The highest BCUT2D eigenvalue weighted by Gasteiger charge is 2.76. The molecule has 0 spiro atoms. The summed E-state index contributed by atoms with van der Waals surface area (Å²) in [5.74, 6) is -8.34. The second kappa shape index (κ2) is 10.5. The molecule has 6 atom stereocenters. The summed E-state index contributed by atoms with van der Waals surface area (Å²) in [6.07, 6.45) is 1.65. The van der Waals surface area contributed by atoms with Gasteiger partial charge in [-0.2, -0.15) is 0 Å². The Morgan fingerprint density at radius 3 is 2.39 bits per heavy atom. The van der Waals surface area contributed by atoms with Crippen LogP contribution in [0.3, 0.4) is 0 Å². The summed E-state index contributed by atoms with van der Waals surface area (Å²) >= 11 is 17.6. The number of halogens is 3. The lowest BCUT2D eigenvalue weighted by Crippen LogP contribution is -2.60. The molecule has 44 heavy (non-hydrogen) atoms. The van der Waals surface area contributed by atoms with E-state index in [9.17, 15) is 39.3 Å². The minimum absolute atomic E-state index is 0.00411. The standard InChI is InChI=1S/C30H25BrCl2N2O9/c1-2-44-21-9-13(3-8-19(21)36)23-15-6-7-17-22(18(15)11-29(32)27(42)34(12-31)28(43)30(23,29)33)25(39)35(24(17)38)14-4-5-16(26(40)41)20(37)10-14/h3-6,8-10,17-18,22-23,36-37H,2,7,11-12H2,1H3,(H,40,41). The van der Waals surface area contributed by atoms with Crippen LogP contribution in [0, 0.1) is 17.8 Å². The smallest absolute Gasteiger partial charge is 0.339 e. The SMILES string of the molecule is CCOc1cc(C2C3=CCC4C(=O)N(c5ccc(C(=O)O)c(O)c5)C(=O)C4C3CC3(Cl)C(=O)N(CBr)C(=O)C23Cl)ccc1O. The highest BCUT2D eigenvalue weighted by Crippen LogP contribution is 2.65. The Morgan fingerprint density at radius 1 is 1.02 bits per heavy atom. The number of ether oxygens (including phenoxy) is 1. The van der Waals surface area contributed by atoms with Crippen LogP contribution in [-0.4, -0.2) is 71.6 Å². The Bertz CT molecular complexity index is 1700. The summed E-state index contributed by atoms with van der Waals surface area (Å²) in [6, 6.07) is 7.86. The van der Waals surface area contributed by atoms with Crippen molar-refractivity contribution in [2.45, 2.75) is 35.4 Å². The summed E-state index contributed by atoms with van der Waals surface area (Å²) in [7, 11) is 0. The number of imide groups is 2. The Hall–Kier alpha value is -3.61. The van der Waals surface area contributed by atoms with Crippen molar-refractivity contribution in [3.63, 3.8) is 0 Å². The number of rotatable bonds is 6. The number of amides is 4. The predicted molar refractivity (Wildman–Crippen MR) is 160 cm³/mol. The van der Waals surface area contributed by atoms with Gasteiger partial charge in [0.25, 0.3) is 11.8 Å². The van der Waals surface area contributed by atoms with Gasteiger partial charge < -0.3 is 20.1 Å². The number of benzene rings is 2. The molecule has 4 aliphatic rings. The number of hydrogen-bond acceptors (Lipinski definition) is 8. The first-order valence-corrected chi connectivity index (χ1v) is 15.6. The van der Waals surface area contributed by atoms with E-state index in [0.717, 1.165) is 21.9 Å². The lowest BCUT2D eigenvalue weighted by atomic mass is 9.56. The summed E-state index contributed by atoms with van der Waals surface area (Å²) in [5.41, 5.74) is 0.400. The van der Waals surface area contributed by atoms with E-state index in [-0.39, 0.29) is 42.1 Å². The van der Waals surface area contributed by atoms with Gasteiger partial charge in [-0.3, -0.25) is 24.1 Å². The van der Waals surface area contributed by atoms with Crippen molar-refractivity contribution in [3.8, 4) is 17.2 Å². The number of nitrogens with zero attached hydrogens (tertiary/aromatic N) is 2. The van der Waals surface area contributed by atoms with Crippen LogP contribution < -0.4 is 9.64 Å². The third kappa shape index (κ3) is 3.96. The largest absolute Gasteiger partial charge is 0.507 e. The molecule has 3 N–H and O–H groups in total. The molecule has 2 saturated heterocycles. The second-order valence-electron chi connectivity index (χ2n) is 11.2. The van der Waals surface area contributed by atoms with Crippen molar-refractivity contribution >= 4 is 74.4 Å². The number of carboxylic acid groups (broad SMARTS) is 1. The molecule has 2 aromatic carbocycles. The molecule has 0 aromatic heterocycles. The number of fused-ring (bicyclic) bond motifs is 4. The van der Waals surface area contributed by atoms with Crippen LogP contribution in [0.4, 0.5) is 5.69 Å². The number of allylic oxidation sites excluding steroid dienone is 2. The van der Waals surface area contributed by atoms with Crippen LogP contribution in [0.5, 0.6) is 17.2 Å². The molecule has 4 amide bonds. The molecule has 3 fully saturated rings. The number of anilines is 1. The number of phenolic OH excluding ortho intramolecular Hbond substituents is 1. The van der Waals surface area contributed by atoms with Crippen LogP contribution in [-0.2, 0) is 19.2 Å². The number of phenols is 2. The van der Waals surface area contributed by atoms with Crippen molar-refractivity contribution < 1.29 is 44.0 Å². The number of hydrogen-bond donors (Lipinski definition) is 3. The molecular formula is C30H25BrCl2N2O9. The predicted octanol–water partition coefficient (Wildman–Crippen LogP) is 4.11. The van der Waals surface area contributed by atoms with Crippen LogP contribution >= 0.6 is 39.1 Å². The third-order valence-corrected chi connectivity index (χ3v) is 11.0. The van der Waals surface area contributed by atoms with Crippen LogP contribution in [0.15, 0.2) is 48.0 Å². The van der Waals surface area contributed by atoms with Crippen molar-refractivity contribution in [1.29, 1.82) is 0 Å². The summed E-state index contributed by atoms with van der Waals surface area (Å²) < 4.78 is 5.58. The normalized spacial score (nSPS) is 31.0. The van der Waals surface area contributed by atoms with Gasteiger partial charge in [-0.15, -0.1) is 23.2 Å². The van der Waals surface area contributed by atoms with Crippen molar-refractivity contribution in [1.82, 2.24) is 4.90 Å². The zero-order chi connectivity index (χ0) is 31.9. The van der Waals surface area contributed by atoms with E-state index in [1.165, 1.54) is 18.2 Å². The number of alkyl halides is 3. The highest BCUT2D eigenvalue weighted by atomic mass is 79.9. The van der Waals surface area contributed by atoms with E-state index in [1.807, 2.05) is 0 Å². The van der Waals surface area contributed by atoms with Crippen molar-refractivity contribution in [2.24, 2.45) is 17.8 Å². The average Bonchev–Trinajstić information content (AvgIpc) is 3.31. The number of carbonyl (C=O) groups is 5. The molecular weight excluding hydrogens is 683 g/mol. The minimum atomic E-state index is -2.02. The Labute approximate surface area is 269 Å². The van der Waals surface area contributed by atoms with Crippen LogP contribution in [0.2, 0.25) is 0 Å². The van der Waals surface area contributed by atoms with E-state index < -0.39 is 74.3 Å². The van der Waals surface area contributed by atoms with Crippen LogP contribution in [0.1, 0.15) is 41.6 Å². The number of aromatic carboxylic acids is 1. The molecule has 11 nitrogen and oxygen atoms in total. The van der Waals surface area contributed by atoms with E-state index in [4.69, 9.17) is 27.9 Å². The molecule has 0 bridgehead atoms. The van der Waals surface area contributed by atoms with Crippen molar-refractivity contribution in [2.75, 3.05) is 17.0 Å². The number of aromatic hydroxyl groups is 2. The lowest BCUT2D eigenvalue weighted by molar-refractivity contribution is -0.138. The van der Waals surface area contributed by atoms with Gasteiger partial charge in [-0.25, -0.2) is 9.69 Å².